The summed E-state index contributed by atoms with van der Waals surface area (Å²) in [5.74, 6) is 1.18. The summed E-state index contributed by atoms with van der Waals surface area (Å²) >= 11 is 0. The average molecular weight is 215 g/mol. The highest BCUT2D eigenvalue weighted by molar-refractivity contribution is 5.79. The van der Waals surface area contributed by atoms with Crippen molar-refractivity contribution in [2.45, 2.75) is 32.4 Å². The molecule has 3 rings (SSSR count). The first kappa shape index (κ1) is 9.85. The van der Waals surface area contributed by atoms with Gasteiger partial charge in [-0.25, -0.2) is 4.98 Å². The third kappa shape index (κ3) is 1.43. The Morgan fingerprint density at radius 1 is 1.44 bits per heavy atom. The minimum atomic E-state index is 0.689. The first-order chi connectivity index (χ1) is 7.81. The molecule has 16 heavy (non-hydrogen) atoms. The molecule has 0 radical (unpaired) electrons. The van der Waals surface area contributed by atoms with E-state index in [-0.39, 0.29) is 0 Å². The molecule has 0 saturated heterocycles. The normalized spacial score (nSPS) is 15.9. The average Bonchev–Trinajstić information content (AvgIpc) is 3.02. The van der Waals surface area contributed by atoms with E-state index in [9.17, 15) is 0 Å². The highest BCUT2D eigenvalue weighted by atomic mass is 15.1. The quantitative estimate of drug-likeness (QED) is 0.852. The highest BCUT2D eigenvalue weighted by Gasteiger charge is 2.28. The Balaban J connectivity index is 2.25. The summed E-state index contributed by atoms with van der Waals surface area (Å²) in [7, 11) is 1.98. The molecule has 1 aromatic carbocycles. The minimum absolute atomic E-state index is 0.689. The van der Waals surface area contributed by atoms with E-state index in [1.807, 2.05) is 7.05 Å². The van der Waals surface area contributed by atoms with Gasteiger partial charge in [0.1, 0.15) is 5.82 Å². The molecule has 0 bridgehead atoms. The van der Waals surface area contributed by atoms with Gasteiger partial charge in [-0.3, -0.25) is 0 Å². The van der Waals surface area contributed by atoms with Crippen molar-refractivity contribution in [3.8, 4) is 0 Å². The van der Waals surface area contributed by atoms with Gasteiger partial charge in [-0.2, -0.15) is 0 Å². The van der Waals surface area contributed by atoms with Crippen LogP contribution >= 0.6 is 0 Å². The van der Waals surface area contributed by atoms with Crippen LogP contribution in [0, 0.1) is 6.92 Å². The van der Waals surface area contributed by atoms with Crippen molar-refractivity contribution in [2.75, 3.05) is 7.05 Å². The summed E-state index contributed by atoms with van der Waals surface area (Å²) in [5, 5.41) is 3.20. The topological polar surface area (TPSA) is 29.9 Å². The van der Waals surface area contributed by atoms with Crippen LogP contribution in [-0.2, 0) is 6.54 Å². The van der Waals surface area contributed by atoms with Gasteiger partial charge in [0.25, 0.3) is 0 Å². The Hall–Kier alpha value is -1.35. The van der Waals surface area contributed by atoms with Crippen LogP contribution in [0.15, 0.2) is 18.2 Å². The summed E-state index contributed by atoms with van der Waals surface area (Å²) in [6, 6.07) is 7.06. The monoisotopic (exact) mass is 215 g/mol. The maximum absolute atomic E-state index is 4.72. The van der Waals surface area contributed by atoms with Crippen LogP contribution in [0.4, 0.5) is 0 Å². The predicted octanol–water partition coefficient (Wildman–Crippen LogP) is 2.40. The van der Waals surface area contributed by atoms with Gasteiger partial charge >= 0.3 is 0 Å². The second kappa shape index (κ2) is 3.59. The molecule has 0 spiro atoms. The second-order valence-corrected chi connectivity index (χ2v) is 4.60. The van der Waals surface area contributed by atoms with Crippen molar-refractivity contribution >= 4 is 11.0 Å². The van der Waals surface area contributed by atoms with Crippen molar-refractivity contribution in [2.24, 2.45) is 0 Å². The fourth-order valence-electron chi connectivity index (χ4n) is 2.38. The van der Waals surface area contributed by atoms with Crippen LogP contribution in [0.5, 0.6) is 0 Å². The van der Waals surface area contributed by atoms with Gasteiger partial charge in [-0.05, 0) is 38.4 Å². The van der Waals surface area contributed by atoms with Gasteiger partial charge < -0.3 is 9.88 Å². The van der Waals surface area contributed by atoms with E-state index in [4.69, 9.17) is 4.98 Å². The first-order valence-electron chi connectivity index (χ1n) is 5.92. The molecule has 1 heterocycles. The molecule has 1 aromatic heterocycles. The Morgan fingerprint density at radius 2 is 2.25 bits per heavy atom. The third-order valence-corrected chi connectivity index (χ3v) is 3.23. The molecular weight excluding hydrogens is 198 g/mol. The molecule has 3 nitrogen and oxygen atoms in total. The molecule has 1 saturated carbocycles. The first-order valence-corrected chi connectivity index (χ1v) is 5.92. The lowest BCUT2D eigenvalue weighted by Crippen LogP contribution is -2.11. The van der Waals surface area contributed by atoms with Gasteiger partial charge in [-0.15, -0.1) is 0 Å². The van der Waals surface area contributed by atoms with Crippen LogP contribution in [0.1, 0.15) is 30.3 Å². The number of hydrogen-bond acceptors (Lipinski definition) is 2. The standard InChI is InChI=1S/C13H17N3/c1-9-4-3-5-11-13(9)16(10-6-7-10)12(15-11)8-14-2/h3-5,10,14H,6-8H2,1-2H3. The smallest absolute Gasteiger partial charge is 0.124 e. The van der Waals surface area contributed by atoms with Crippen molar-refractivity contribution < 1.29 is 0 Å². The molecule has 3 heteroatoms. The Bertz CT molecular complexity index is 523. The van der Waals surface area contributed by atoms with E-state index in [0.29, 0.717) is 6.04 Å². The lowest BCUT2D eigenvalue weighted by atomic mass is 10.2. The molecule has 0 amide bonds. The minimum Gasteiger partial charge on any atom is -0.324 e. The Kier molecular flexibility index (Phi) is 2.21. The SMILES string of the molecule is CNCc1nc2cccc(C)c2n1C1CC1. The van der Waals surface area contributed by atoms with Crippen LogP contribution in [-0.4, -0.2) is 16.6 Å². The molecule has 1 aliphatic rings. The van der Waals surface area contributed by atoms with Crippen LogP contribution < -0.4 is 5.32 Å². The molecule has 84 valence electrons. The molecule has 1 fully saturated rings. The maximum Gasteiger partial charge on any atom is 0.124 e. The van der Waals surface area contributed by atoms with Crippen molar-refractivity contribution in [1.82, 2.24) is 14.9 Å². The van der Waals surface area contributed by atoms with Gasteiger partial charge in [0.15, 0.2) is 0 Å². The van der Waals surface area contributed by atoms with E-state index < -0.39 is 0 Å². The summed E-state index contributed by atoms with van der Waals surface area (Å²) in [5.41, 5.74) is 3.80. The molecule has 0 atom stereocenters. The number of rotatable bonds is 3. The van der Waals surface area contributed by atoms with E-state index in [2.05, 4.69) is 35.0 Å². The summed E-state index contributed by atoms with van der Waals surface area (Å²) < 4.78 is 2.43. The van der Waals surface area contributed by atoms with Crippen LogP contribution in [0.25, 0.3) is 11.0 Å². The zero-order valence-corrected chi connectivity index (χ0v) is 9.83. The lowest BCUT2D eigenvalue weighted by molar-refractivity contribution is 0.658. The summed E-state index contributed by atoms with van der Waals surface area (Å²) in [6.07, 6.45) is 2.60. The number of hydrogen-bond donors (Lipinski definition) is 1. The second-order valence-electron chi connectivity index (χ2n) is 4.60. The van der Waals surface area contributed by atoms with Gasteiger partial charge in [0.05, 0.1) is 17.6 Å². The molecule has 1 N–H and O–H groups in total. The zero-order valence-electron chi connectivity index (χ0n) is 9.83. The maximum atomic E-state index is 4.72. The van der Waals surface area contributed by atoms with Crippen LogP contribution in [0.3, 0.4) is 0 Å². The van der Waals surface area contributed by atoms with Gasteiger partial charge in [-0.1, -0.05) is 12.1 Å². The molecular formula is C13H17N3. The van der Waals surface area contributed by atoms with Crippen molar-refractivity contribution in [3.63, 3.8) is 0 Å². The molecule has 1 aliphatic carbocycles. The van der Waals surface area contributed by atoms with Gasteiger partial charge in [0, 0.05) is 6.04 Å². The summed E-state index contributed by atoms with van der Waals surface area (Å²) in [6.45, 7) is 3.02. The van der Waals surface area contributed by atoms with Gasteiger partial charge in [0.2, 0.25) is 0 Å². The Labute approximate surface area is 95.5 Å². The number of nitrogens with one attached hydrogen (secondary N) is 1. The van der Waals surface area contributed by atoms with E-state index in [0.717, 1.165) is 12.1 Å². The number of aromatic nitrogens is 2. The zero-order chi connectivity index (χ0) is 11.1. The number of aryl methyl sites for hydroxylation is 1. The Morgan fingerprint density at radius 3 is 2.94 bits per heavy atom. The van der Waals surface area contributed by atoms with E-state index in [1.54, 1.807) is 0 Å². The largest absolute Gasteiger partial charge is 0.324 e. The number of para-hydroxylation sites is 1. The lowest BCUT2D eigenvalue weighted by Gasteiger charge is -2.08. The molecule has 2 aromatic rings. The number of imidazole rings is 1. The third-order valence-electron chi connectivity index (χ3n) is 3.23. The fraction of sp³-hybridized carbons (Fsp3) is 0.462. The summed E-state index contributed by atoms with van der Waals surface area (Å²) in [4.78, 5) is 4.72. The highest BCUT2D eigenvalue weighted by Crippen LogP contribution is 2.39. The fourth-order valence-corrected chi connectivity index (χ4v) is 2.38. The number of nitrogens with zero attached hydrogens (tertiary/aromatic N) is 2. The molecule has 0 unspecified atom stereocenters. The molecule has 0 aliphatic heterocycles. The van der Waals surface area contributed by atoms with Crippen LogP contribution in [0.2, 0.25) is 0 Å². The number of fused-ring (bicyclic) bond motifs is 1. The van der Waals surface area contributed by atoms with Crippen molar-refractivity contribution in [1.29, 1.82) is 0 Å². The van der Waals surface area contributed by atoms with Crippen molar-refractivity contribution in [3.05, 3.63) is 29.6 Å². The van der Waals surface area contributed by atoms with E-state index in [1.165, 1.54) is 29.7 Å². The van der Waals surface area contributed by atoms with E-state index >= 15 is 0 Å². The number of benzene rings is 1. The predicted molar refractivity (Wildman–Crippen MR) is 65.5 cm³/mol.